The fourth-order valence-corrected chi connectivity index (χ4v) is 5.66. The molecule has 0 saturated heterocycles. The number of nitrogens with zero attached hydrogens (tertiary/aromatic N) is 2. The number of amidine groups is 1. The Bertz CT molecular complexity index is 1220. The number of hydrogen-bond donors (Lipinski definition) is 3. The molecular formula is C22H25ClF3N5O2S2. The molecule has 1 aromatic carbocycles. The maximum absolute atomic E-state index is 12.9. The van der Waals surface area contributed by atoms with Crippen molar-refractivity contribution in [2.24, 2.45) is 16.0 Å². The third-order valence-electron chi connectivity index (χ3n) is 5.56. The van der Waals surface area contributed by atoms with E-state index in [1.807, 2.05) is 0 Å². The summed E-state index contributed by atoms with van der Waals surface area (Å²) in [5, 5.41) is 10.8. The fraction of sp³-hybridized carbons (Fsp3) is 0.409. The zero-order chi connectivity index (χ0) is 26.0. The Labute approximate surface area is 211 Å². The summed E-state index contributed by atoms with van der Waals surface area (Å²) in [4.78, 5) is 3.82. The lowest BCUT2D eigenvalue weighted by Gasteiger charge is -2.23. The Kier molecular flexibility index (Phi) is 8.38. The van der Waals surface area contributed by atoms with Crippen LogP contribution in [-0.4, -0.2) is 29.7 Å². The number of halogens is 4. The summed E-state index contributed by atoms with van der Waals surface area (Å²) >= 11 is 6.84. The Balaban J connectivity index is 1.74. The van der Waals surface area contributed by atoms with Crippen molar-refractivity contribution in [3.8, 4) is 0 Å². The van der Waals surface area contributed by atoms with E-state index in [9.17, 15) is 21.6 Å². The molecule has 7 nitrogen and oxygen atoms in total. The zero-order valence-corrected chi connectivity index (χ0v) is 21.3. The number of benzene rings is 1. The maximum Gasteiger partial charge on any atom is 0.417 e. The summed E-state index contributed by atoms with van der Waals surface area (Å²) < 4.78 is 67.4. The summed E-state index contributed by atoms with van der Waals surface area (Å²) in [5.41, 5.74) is 5.66. The van der Waals surface area contributed by atoms with Crippen LogP contribution in [0.5, 0.6) is 0 Å². The van der Waals surface area contributed by atoms with Crippen molar-refractivity contribution < 1.29 is 21.6 Å². The highest BCUT2D eigenvalue weighted by molar-refractivity contribution is 8.26. The molecule has 1 heterocycles. The molecule has 35 heavy (non-hydrogen) atoms. The molecule has 0 spiro atoms. The Morgan fingerprint density at radius 1 is 1.29 bits per heavy atom. The predicted octanol–water partition coefficient (Wildman–Crippen LogP) is 5.87. The van der Waals surface area contributed by atoms with Crippen LogP contribution in [0, 0.1) is 11.3 Å². The van der Waals surface area contributed by atoms with Crippen LogP contribution in [0.15, 0.2) is 45.8 Å². The van der Waals surface area contributed by atoms with Gasteiger partial charge in [0.05, 0.1) is 20.5 Å². The Morgan fingerprint density at radius 2 is 1.94 bits per heavy atom. The third kappa shape index (κ3) is 6.89. The van der Waals surface area contributed by atoms with E-state index < -0.39 is 21.8 Å². The molecule has 2 atom stereocenters. The van der Waals surface area contributed by atoms with Crippen LogP contribution in [-0.2, 0) is 16.2 Å². The second-order valence-electron chi connectivity index (χ2n) is 8.44. The van der Waals surface area contributed by atoms with Gasteiger partial charge < -0.3 is 11.1 Å². The van der Waals surface area contributed by atoms with Gasteiger partial charge in [-0.25, -0.2) is 4.98 Å². The van der Waals surface area contributed by atoms with Crippen molar-refractivity contribution in [1.82, 2.24) is 4.98 Å². The summed E-state index contributed by atoms with van der Waals surface area (Å²) in [5.74, 6) is 0.0592. The van der Waals surface area contributed by atoms with Crippen molar-refractivity contribution in [2.75, 3.05) is 5.32 Å². The first-order valence-electron chi connectivity index (χ1n) is 10.7. The number of nitrogens with two attached hydrogens (primary N) is 1. The molecule has 1 fully saturated rings. The van der Waals surface area contributed by atoms with Crippen LogP contribution >= 0.6 is 23.4 Å². The molecule has 2 aromatic rings. The molecule has 1 aliphatic carbocycles. The first-order valence-corrected chi connectivity index (χ1v) is 13.4. The lowest BCUT2D eigenvalue weighted by atomic mass is 9.94. The minimum absolute atomic E-state index is 0.0115. The molecule has 13 heteroatoms. The van der Waals surface area contributed by atoms with Crippen molar-refractivity contribution in [1.29, 1.82) is 5.41 Å². The molecule has 0 aliphatic heterocycles. The molecular weight excluding hydrogens is 523 g/mol. The Hall–Kier alpha value is -2.31. The quantitative estimate of drug-likeness (QED) is 0.307. The number of anilines is 1. The van der Waals surface area contributed by atoms with E-state index in [0.29, 0.717) is 0 Å². The van der Waals surface area contributed by atoms with Crippen LogP contribution in [0.4, 0.5) is 19.0 Å². The number of hydrogen-bond acceptors (Lipinski definition) is 6. The number of nitrogens with one attached hydrogen (secondary N) is 2. The summed E-state index contributed by atoms with van der Waals surface area (Å²) in [6, 6.07) is 6.97. The van der Waals surface area contributed by atoms with E-state index in [0.717, 1.165) is 48.9 Å². The second kappa shape index (κ2) is 10.8. The average Bonchev–Trinajstić information content (AvgIpc) is 3.22. The van der Waals surface area contributed by atoms with E-state index in [2.05, 4.69) is 14.7 Å². The first kappa shape index (κ1) is 27.3. The molecule has 0 unspecified atom stereocenters. The summed E-state index contributed by atoms with van der Waals surface area (Å²) in [6.45, 7) is 3.59. The highest BCUT2D eigenvalue weighted by Gasteiger charge is 2.33. The van der Waals surface area contributed by atoms with Gasteiger partial charge in [0.1, 0.15) is 5.82 Å². The molecule has 0 radical (unpaired) electrons. The molecule has 1 aromatic heterocycles. The molecule has 0 bridgehead atoms. The largest absolute Gasteiger partial charge is 0.417 e. The van der Waals surface area contributed by atoms with E-state index in [1.54, 1.807) is 26.0 Å². The number of pyridine rings is 1. The number of thioether (sulfide) groups is 1. The maximum atomic E-state index is 12.9. The third-order valence-corrected chi connectivity index (χ3v) is 8.26. The van der Waals surface area contributed by atoms with Crippen LogP contribution in [0.25, 0.3) is 0 Å². The number of sulfonamides is 1. The van der Waals surface area contributed by atoms with Gasteiger partial charge in [-0.05, 0) is 48.4 Å². The van der Waals surface area contributed by atoms with Gasteiger partial charge in [-0.2, -0.15) is 21.6 Å². The number of aromatic nitrogens is 1. The molecule has 1 saturated carbocycles. The van der Waals surface area contributed by atoms with Crippen LogP contribution in [0.1, 0.15) is 50.2 Å². The van der Waals surface area contributed by atoms with E-state index in [-0.39, 0.29) is 43.8 Å². The average molecular weight is 548 g/mol. The summed E-state index contributed by atoms with van der Waals surface area (Å²) in [7, 11) is -4.04. The molecule has 4 N–H and O–H groups in total. The van der Waals surface area contributed by atoms with Crippen molar-refractivity contribution in [2.45, 2.75) is 56.1 Å². The number of alkyl halides is 3. The van der Waals surface area contributed by atoms with Gasteiger partial charge in [0.15, 0.2) is 5.17 Å². The van der Waals surface area contributed by atoms with E-state index in [1.165, 1.54) is 12.1 Å². The minimum atomic E-state index is -4.53. The molecule has 0 amide bonds. The van der Waals surface area contributed by atoms with Crippen molar-refractivity contribution in [3.63, 3.8) is 0 Å². The SMILES string of the molecule is CC(C)C(=N)SC(N)=NS(=O)(=O)c1ccc([C@@H]2CCC[C@@H]2Nc2ncc(C(F)(F)F)cc2Cl)cc1. The van der Waals surface area contributed by atoms with Gasteiger partial charge in [0.25, 0.3) is 10.0 Å². The zero-order valence-electron chi connectivity index (χ0n) is 18.9. The standard InChI is InChI=1S/C22H25ClF3N5O2S2/c1-12(2)19(27)34-21(28)31-35(32,33)15-8-6-13(7-9-15)16-4-3-5-18(16)30-20-17(23)10-14(11-29-20)22(24,25)26/h6-12,16,18,27H,3-5H2,1-2H3,(H2,28,31)(H,29,30)/t16-,18-/m0/s1. The fourth-order valence-electron chi connectivity index (χ4n) is 3.71. The van der Waals surface area contributed by atoms with E-state index in [4.69, 9.17) is 22.7 Å². The smallest absolute Gasteiger partial charge is 0.377 e. The van der Waals surface area contributed by atoms with Gasteiger partial charge in [-0.3, -0.25) is 5.41 Å². The van der Waals surface area contributed by atoms with Gasteiger partial charge in [-0.1, -0.05) is 44.0 Å². The van der Waals surface area contributed by atoms with Gasteiger partial charge in [-0.15, -0.1) is 4.40 Å². The number of rotatable bonds is 6. The molecule has 190 valence electrons. The predicted molar refractivity (Wildman–Crippen MR) is 134 cm³/mol. The van der Waals surface area contributed by atoms with Crippen LogP contribution in [0.3, 0.4) is 0 Å². The van der Waals surface area contributed by atoms with Crippen molar-refractivity contribution in [3.05, 3.63) is 52.7 Å². The van der Waals surface area contributed by atoms with Gasteiger partial charge in [0, 0.05) is 24.1 Å². The highest BCUT2D eigenvalue weighted by Crippen LogP contribution is 2.38. The van der Waals surface area contributed by atoms with E-state index >= 15 is 0 Å². The highest BCUT2D eigenvalue weighted by atomic mass is 35.5. The lowest BCUT2D eigenvalue weighted by Crippen LogP contribution is -2.23. The van der Waals surface area contributed by atoms with Crippen molar-refractivity contribution >= 4 is 49.4 Å². The first-order chi connectivity index (χ1) is 16.3. The summed E-state index contributed by atoms with van der Waals surface area (Å²) in [6.07, 6.45) is -1.35. The minimum Gasteiger partial charge on any atom is -0.377 e. The topological polar surface area (TPSA) is 121 Å². The lowest BCUT2D eigenvalue weighted by molar-refractivity contribution is -0.137. The van der Waals surface area contributed by atoms with Crippen LogP contribution < -0.4 is 11.1 Å². The van der Waals surface area contributed by atoms with Gasteiger partial charge >= 0.3 is 6.18 Å². The van der Waals surface area contributed by atoms with Crippen LogP contribution in [0.2, 0.25) is 5.02 Å². The van der Waals surface area contributed by atoms with Gasteiger partial charge in [0.2, 0.25) is 0 Å². The Morgan fingerprint density at radius 3 is 2.51 bits per heavy atom. The molecule has 3 rings (SSSR count). The second-order valence-corrected chi connectivity index (χ2v) is 11.5. The molecule has 1 aliphatic rings. The monoisotopic (exact) mass is 547 g/mol. The normalized spacial score (nSPS) is 19.2.